The van der Waals surface area contributed by atoms with E-state index in [1.165, 1.54) is 0 Å². The number of carboxylic acid groups (broad SMARTS) is 1. The predicted molar refractivity (Wildman–Crippen MR) is 87.7 cm³/mol. The minimum absolute atomic E-state index is 0.139. The molecule has 0 fully saturated rings. The van der Waals surface area contributed by atoms with Crippen LogP contribution in [0.4, 0.5) is 0 Å². The van der Waals surface area contributed by atoms with Crippen LogP contribution in [0.3, 0.4) is 0 Å². The molecular weight excluding hydrogens is 278 g/mol. The van der Waals surface area contributed by atoms with E-state index in [0.717, 1.165) is 23.0 Å². The molecule has 0 radical (unpaired) electrons. The first kappa shape index (κ1) is 16.5. The maximum atomic E-state index is 11.4. The summed E-state index contributed by atoms with van der Waals surface area (Å²) in [6.45, 7) is 6.89. The first-order valence-corrected chi connectivity index (χ1v) is 7.62. The topological polar surface area (TPSA) is 67.2 Å². The molecule has 0 saturated carbocycles. The van der Waals surface area contributed by atoms with Crippen LogP contribution in [-0.2, 0) is 18.4 Å². The lowest BCUT2D eigenvalue weighted by atomic mass is 9.88. The Balaban J connectivity index is 1.99. The fourth-order valence-electron chi connectivity index (χ4n) is 2.43. The van der Waals surface area contributed by atoms with Gasteiger partial charge in [0.25, 0.3) is 0 Å². The molecule has 0 aliphatic rings. The molecule has 0 bridgehead atoms. The number of pyridine rings is 1. The summed E-state index contributed by atoms with van der Waals surface area (Å²) in [6.07, 6.45) is 5.27. The largest absolute Gasteiger partial charge is 0.480 e. The number of hydrogen-bond donors (Lipinski definition) is 2. The smallest absolute Gasteiger partial charge is 0.320 e. The third kappa shape index (κ3) is 4.31. The lowest BCUT2D eigenvalue weighted by Gasteiger charge is -2.21. The summed E-state index contributed by atoms with van der Waals surface area (Å²) in [5.74, 6) is -0.794. The Kier molecular flexibility index (Phi) is 4.86. The van der Waals surface area contributed by atoms with E-state index in [2.05, 4.69) is 37.1 Å². The number of carbonyl (C=O) groups is 1. The highest BCUT2D eigenvalue weighted by Crippen LogP contribution is 2.22. The zero-order valence-corrected chi connectivity index (χ0v) is 13.8. The van der Waals surface area contributed by atoms with Gasteiger partial charge in [0.2, 0.25) is 0 Å². The van der Waals surface area contributed by atoms with Gasteiger partial charge in [0.15, 0.2) is 0 Å². The molecule has 22 heavy (non-hydrogen) atoms. The van der Waals surface area contributed by atoms with Crippen LogP contribution in [0.2, 0.25) is 0 Å². The molecule has 2 aromatic rings. The van der Waals surface area contributed by atoms with Crippen LogP contribution < -0.4 is 5.32 Å². The molecule has 5 heteroatoms. The van der Waals surface area contributed by atoms with Crippen molar-refractivity contribution >= 4 is 17.0 Å². The zero-order chi connectivity index (χ0) is 16.3. The van der Waals surface area contributed by atoms with Gasteiger partial charge in [-0.15, -0.1) is 0 Å². The maximum Gasteiger partial charge on any atom is 0.320 e. The number of hydrogen-bond acceptors (Lipinski definition) is 3. The van der Waals surface area contributed by atoms with Crippen LogP contribution in [0.15, 0.2) is 24.5 Å². The number of aryl methyl sites for hydroxylation is 1. The van der Waals surface area contributed by atoms with Gasteiger partial charge in [-0.25, -0.2) is 4.98 Å². The van der Waals surface area contributed by atoms with Gasteiger partial charge in [0.1, 0.15) is 11.7 Å². The molecule has 5 nitrogen and oxygen atoms in total. The van der Waals surface area contributed by atoms with E-state index in [9.17, 15) is 9.90 Å². The highest BCUT2D eigenvalue weighted by Gasteiger charge is 2.20. The Bertz CT molecular complexity index is 655. The number of carboxylic acids is 1. The molecule has 1 atom stereocenters. The third-order valence-electron chi connectivity index (χ3n) is 3.80. The second-order valence-corrected chi connectivity index (χ2v) is 7.05. The van der Waals surface area contributed by atoms with E-state index in [-0.39, 0.29) is 5.41 Å². The predicted octanol–water partition coefficient (Wildman–Crippen LogP) is 2.94. The number of aliphatic carboxylic acids is 1. The molecule has 0 aliphatic carbocycles. The summed E-state index contributed by atoms with van der Waals surface area (Å²) in [7, 11) is 1.96. The maximum absolute atomic E-state index is 11.4. The van der Waals surface area contributed by atoms with Crippen LogP contribution in [0.1, 0.15) is 39.2 Å². The fourth-order valence-corrected chi connectivity index (χ4v) is 2.43. The van der Waals surface area contributed by atoms with Crippen molar-refractivity contribution < 1.29 is 9.90 Å². The van der Waals surface area contributed by atoms with Crippen LogP contribution in [-0.4, -0.2) is 26.7 Å². The molecule has 120 valence electrons. The Morgan fingerprint density at radius 1 is 1.45 bits per heavy atom. The fraction of sp³-hybridized carbons (Fsp3) is 0.529. The van der Waals surface area contributed by atoms with Crippen molar-refractivity contribution in [3.05, 3.63) is 30.1 Å². The van der Waals surface area contributed by atoms with Gasteiger partial charge in [-0.2, -0.15) is 0 Å². The van der Waals surface area contributed by atoms with Gasteiger partial charge in [-0.1, -0.05) is 20.8 Å². The average Bonchev–Trinajstić information content (AvgIpc) is 2.78. The lowest BCUT2D eigenvalue weighted by Crippen LogP contribution is -2.37. The minimum Gasteiger partial charge on any atom is -0.480 e. The van der Waals surface area contributed by atoms with Crippen molar-refractivity contribution in [3.63, 3.8) is 0 Å². The second kappa shape index (κ2) is 6.48. The Hall–Kier alpha value is -1.88. The zero-order valence-electron chi connectivity index (χ0n) is 13.8. The third-order valence-corrected chi connectivity index (χ3v) is 3.80. The summed E-state index contributed by atoms with van der Waals surface area (Å²) in [4.78, 5) is 15.8. The van der Waals surface area contributed by atoms with Gasteiger partial charge in [-0.3, -0.25) is 4.79 Å². The monoisotopic (exact) mass is 303 g/mol. The van der Waals surface area contributed by atoms with Gasteiger partial charge < -0.3 is 15.0 Å². The van der Waals surface area contributed by atoms with Crippen molar-refractivity contribution in [1.82, 2.24) is 14.9 Å². The van der Waals surface area contributed by atoms with E-state index in [0.29, 0.717) is 13.0 Å². The highest BCUT2D eigenvalue weighted by atomic mass is 16.4. The first-order valence-electron chi connectivity index (χ1n) is 7.62. The van der Waals surface area contributed by atoms with Crippen molar-refractivity contribution in [2.75, 3.05) is 0 Å². The standard InChI is InChI=1S/C17H25N3O2/c1-17(2,3)7-5-14(16(21)22)18-10-12-9-13-6-8-20(4)15(13)19-11-12/h6,8-9,11,14,18H,5,7,10H2,1-4H3,(H,21,22)/t14-/m0/s1. The summed E-state index contributed by atoms with van der Waals surface area (Å²) in [5, 5.41) is 13.5. The van der Waals surface area contributed by atoms with Crippen LogP contribution in [0.5, 0.6) is 0 Å². The molecule has 0 aromatic carbocycles. The molecule has 2 N–H and O–H groups in total. The highest BCUT2D eigenvalue weighted by molar-refractivity contribution is 5.76. The SMILES string of the molecule is Cn1ccc2cc(CN[C@@H](CCC(C)(C)C)C(=O)O)cnc21. The van der Waals surface area contributed by atoms with E-state index in [1.54, 1.807) is 6.20 Å². The molecule has 2 rings (SSSR count). The van der Waals surface area contributed by atoms with Gasteiger partial charge in [-0.05, 0) is 36.0 Å². The molecule has 0 spiro atoms. The summed E-state index contributed by atoms with van der Waals surface area (Å²) < 4.78 is 1.97. The van der Waals surface area contributed by atoms with Crippen LogP contribution >= 0.6 is 0 Å². The number of aromatic nitrogens is 2. The summed E-state index contributed by atoms with van der Waals surface area (Å²) in [5.41, 5.74) is 2.08. The average molecular weight is 303 g/mol. The molecule has 0 saturated heterocycles. The lowest BCUT2D eigenvalue weighted by molar-refractivity contribution is -0.139. The van der Waals surface area contributed by atoms with Crippen molar-refractivity contribution in [2.45, 2.75) is 46.2 Å². The van der Waals surface area contributed by atoms with Crippen molar-refractivity contribution in [3.8, 4) is 0 Å². The van der Waals surface area contributed by atoms with E-state index in [4.69, 9.17) is 0 Å². The number of nitrogens with zero attached hydrogens (tertiary/aromatic N) is 2. The van der Waals surface area contributed by atoms with Crippen LogP contribution in [0, 0.1) is 5.41 Å². The van der Waals surface area contributed by atoms with E-state index >= 15 is 0 Å². The normalized spacial score (nSPS) is 13.5. The molecule has 0 amide bonds. The molecule has 2 aromatic heterocycles. The van der Waals surface area contributed by atoms with Crippen LogP contribution in [0.25, 0.3) is 11.0 Å². The molecule has 0 aliphatic heterocycles. The Morgan fingerprint density at radius 2 is 2.18 bits per heavy atom. The first-order chi connectivity index (χ1) is 10.3. The number of rotatable bonds is 6. The van der Waals surface area contributed by atoms with Crippen molar-refractivity contribution in [1.29, 1.82) is 0 Å². The van der Waals surface area contributed by atoms with Gasteiger partial charge in [0.05, 0.1) is 0 Å². The van der Waals surface area contributed by atoms with Gasteiger partial charge >= 0.3 is 5.97 Å². The summed E-state index contributed by atoms with van der Waals surface area (Å²) in [6, 6.07) is 3.55. The second-order valence-electron chi connectivity index (χ2n) is 7.05. The molecular formula is C17H25N3O2. The molecule has 0 unspecified atom stereocenters. The Labute approximate surface area is 131 Å². The molecule has 2 heterocycles. The minimum atomic E-state index is -0.794. The van der Waals surface area contributed by atoms with E-state index < -0.39 is 12.0 Å². The van der Waals surface area contributed by atoms with Crippen molar-refractivity contribution in [2.24, 2.45) is 12.5 Å². The summed E-state index contributed by atoms with van der Waals surface area (Å²) >= 11 is 0. The van der Waals surface area contributed by atoms with Gasteiger partial charge in [0, 0.05) is 31.4 Å². The number of fused-ring (bicyclic) bond motifs is 1. The van der Waals surface area contributed by atoms with E-state index in [1.807, 2.05) is 23.9 Å². The number of nitrogens with one attached hydrogen (secondary N) is 1. The quantitative estimate of drug-likeness (QED) is 0.861. The Morgan fingerprint density at radius 3 is 2.82 bits per heavy atom.